The summed E-state index contributed by atoms with van der Waals surface area (Å²) in [6.07, 6.45) is 0. The molecular formula is C11H17NO4. The molecule has 5 nitrogen and oxygen atoms in total. The summed E-state index contributed by atoms with van der Waals surface area (Å²) in [5.41, 5.74) is 0.852. The first-order chi connectivity index (χ1) is 7.71. The third kappa shape index (κ3) is 3.37. The average molecular weight is 227 g/mol. The van der Waals surface area contributed by atoms with Crippen LogP contribution in [0, 0.1) is 0 Å². The zero-order chi connectivity index (χ0) is 12.0. The second-order valence-electron chi connectivity index (χ2n) is 3.45. The van der Waals surface area contributed by atoms with Crippen molar-refractivity contribution >= 4 is 0 Å². The van der Waals surface area contributed by atoms with E-state index in [4.69, 9.17) is 14.9 Å². The molecule has 0 atom stereocenters. The van der Waals surface area contributed by atoms with E-state index in [9.17, 15) is 5.11 Å². The molecule has 16 heavy (non-hydrogen) atoms. The van der Waals surface area contributed by atoms with Crippen LogP contribution in [0.5, 0.6) is 11.5 Å². The topological polar surface area (TPSA) is 82.0 Å². The minimum Gasteiger partial charge on any atom is -0.504 e. The van der Waals surface area contributed by atoms with E-state index in [1.54, 1.807) is 18.2 Å². The molecule has 0 aliphatic rings. The Kier molecular flexibility index (Phi) is 5.04. The van der Waals surface area contributed by atoms with E-state index in [0.717, 1.165) is 5.56 Å². The number of phenols is 1. The lowest BCUT2D eigenvalue weighted by Gasteiger charge is -2.13. The molecular weight excluding hydrogens is 210 g/mol. The molecule has 4 N–H and O–H groups in total. The number of hydrogen-bond acceptors (Lipinski definition) is 5. The van der Waals surface area contributed by atoms with E-state index in [0.29, 0.717) is 12.3 Å². The molecule has 0 radical (unpaired) electrons. The van der Waals surface area contributed by atoms with Crippen LogP contribution in [0.3, 0.4) is 0 Å². The molecule has 1 rings (SSSR count). The Hall–Kier alpha value is -1.30. The number of aliphatic hydroxyl groups is 2. The molecule has 0 fully saturated rings. The number of hydrogen-bond donors (Lipinski definition) is 4. The Bertz CT molecular complexity index is 326. The van der Waals surface area contributed by atoms with Gasteiger partial charge in [0.15, 0.2) is 11.5 Å². The number of aliphatic hydroxyl groups excluding tert-OH is 2. The molecule has 1 aromatic rings. The smallest absolute Gasteiger partial charge is 0.160 e. The van der Waals surface area contributed by atoms with Crippen molar-refractivity contribution in [3.63, 3.8) is 0 Å². The Morgan fingerprint density at radius 3 is 2.50 bits per heavy atom. The van der Waals surface area contributed by atoms with Gasteiger partial charge in [-0.3, -0.25) is 0 Å². The number of ether oxygens (including phenoxy) is 1. The molecule has 0 unspecified atom stereocenters. The third-order valence-corrected chi connectivity index (χ3v) is 2.28. The van der Waals surface area contributed by atoms with Crippen LogP contribution in [0.15, 0.2) is 18.2 Å². The first-order valence-electron chi connectivity index (χ1n) is 5.02. The van der Waals surface area contributed by atoms with Crippen LogP contribution in [-0.4, -0.2) is 41.7 Å². The van der Waals surface area contributed by atoms with Crippen LogP contribution >= 0.6 is 0 Å². The summed E-state index contributed by atoms with van der Waals surface area (Å²) >= 11 is 0. The van der Waals surface area contributed by atoms with Gasteiger partial charge in [-0.25, -0.2) is 0 Å². The van der Waals surface area contributed by atoms with Gasteiger partial charge in [0, 0.05) is 6.54 Å². The molecule has 0 saturated heterocycles. The zero-order valence-corrected chi connectivity index (χ0v) is 9.18. The molecule has 0 aromatic heterocycles. The van der Waals surface area contributed by atoms with Gasteiger partial charge in [-0.2, -0.15) is 0 Å². The molecule has 1 aromatic carbocycles. The fourth-order valence-corrected chi connectivity index (χ4v) is 1.29. The van der Waals surface area contributed by atoms with E-state index in [1.165, 1.54) is 7.11 Å². The van der Waals surface area contributed by atoms with Crippen molar-refractivity contribution in [2.75, 3.05) is 20.3 Å². The van der Waals surface area contributed by atoms with Crippen LogP contribution in [0.4, 0.5) is 0 Å². The zero-order valence-electron chi connectivity index (χ0n) is 9.18. The SMILES string of the molecule is COc1ccc(CNC(CO)CO)cc1O. The van der Waals surface area contributed by atoms with Crippen LogP contribution in [0.25, 0.3) is 0 Å². The largest absolute Gasteiger partial charge is 0.504 e. The lowest BCUT2D eigenvalue weighted by Crippen LogP contribution is -2.35. The number of phenolic OH excluding ortho intramolecular Hbond substituents is 1. The van der Waals surface area contributed by atoms with Crippen LogP contribution in [0.2, 0.25) is 0 Å². The quantitative estimate of drug-likeness (QED) is 0.543. The molecule has 0 saturated carbocycles. The number of methoxy groups -OCH3 is 1. The Morgan fingerprint density at radius 2 is 2.00 bits per heavy atom. The van der Waals surface area contributed by atoms with Crippen LogP contribution < -0.4 is 10.1 Å². The molecule has 0 spiro atoms. The fourth-order valence-electron chi connectivity index (χ4n) is 1.29. The Balaban J connectivity index is 2.58. The van der Waals surface area contributed by atoms with Gasteiger partial charge in [-0.1, -0.05) is 6.07 Å². The Morgan fingerprint density at radius 1 is 1.31 bits per heavy atom. The fraction of sp³-hybridized carbons (Fsp3) is 0.455. The summed E-state index contributed by atoms with van der Waals surface area (Å²) in [6.45, 7) is 0.209. The van der Waals surface area contributed by atoms with E-state index in [2.05, 4.69) is 5.32 Å². The van der Waals surface area contributed by atoms with Crippen molar-refractivity contribution in [3.05, 3.63) is 23.8 Å². The average Bonchev–Trinajstić information content (AvgIpc) is 2.30. The lowest BCUT2D eigenvalue weighted by atomic mass is 10.2. The van der Waals surface area contributed by atoms with E-state index in [-0.39, 0.29) is 25.0 Å². The Labute approximate surface area is 94.3 Å². The standard InChI is InChI=1S/C11H17NO4/c1-16-11-3-2-8(4-10(11)15)5-12-9(6-13)7-14/h2-4,9,12-15H,5-7H2,1H3. The molecule has 5 heteroatoms. The molecule has 0 aliphatic heterocycles. The molecule has 90 valence electrons. The first kappa shape index (κ1) is 12.8. The highest BCUT2D eigenvalue weighted by molar-refractivity contribution is 5.41. The minimum absolute atomic E-state index is 0.0753. The van der Waals surface area contributed by atoms with Crippen molar-refractivity contribution in [3.8, 4) is 11.5 Å². The van der Waals surface area contributed by atoms with Gasteiger partial charge in [0.05, 0.1) is 26.4 Å². The van der Waals surface area contributed by atoms with Crippen LogP contribution in [0.1, 0.15) is 5.56 Å². The van der Waals surface area contributed by atoms with Gasteiger partial charge < -0.3 is 25.4 Å². The predicted molar refractivity (Wildman–Crippen MR) is 59.5 cm³/mol. The van der Waals surface area contributed by atoms with Crippen molar-refractivity contribution in [1.29, 1.82) is 0 Å². The molecule has 0 amide bonds. The van der Waals surface area contributed by atoms with Crippen molar-refractivity contribution in [2.45, 2.75) is 12.6 Å². The summed E-state index contributed by atoms with van der Waals surface area (Å²) < 4.78 is 4.92. The van der Waals surface area contributed by atoms with Gasteiger partial charge in [0.1, 0.15) is 0 Å². The van der Waals surface area contributed by atoms with Gasteiger partial charge in [0.25, 0.3) is 0 Å². The van der Waals surface area contributed by atoms with Gasteiger partial charge in [-0.05, 0) is 17.7 Å². The monoisotopic (exact) mass is 227 g/mol. The highest BCUT2D eigenvalue weighted by atomic mass is 16.5. The summed E-state index contributed by atoms with van der Waals surface area (Å²) in [5.74, 6) is 0.496. The number of benzene rings is 1. The highest BCUT2D eigenvalue weighted by Crippen LogP contribution is 2.25. The highest BCUT2D eigenvalue weighted by Gasteiger charge is 2.06. The first-order valence-corrected chi connectivity index (χ1v) is 5.02. The van der Waals surface area contributed by atoms with Gasteiger partial charge in [-0.15, -0.1) is 0 Å². The number of aromatic hydroxyl groups is 1. The van der Waals surface area contributed by atoms with Crippen molar-refractivity contribution in [1.82, 2.24) is 5.32 Å². The van der Waals surface area contributed by atoms with E-state index in [1.807, 2.05) is 0 Å². The summed E-state index contributed by atoms with van der Waals surface area (Å²) in [6, 6.07) is 4.71. The third-order valence-electron chi connectivity index (χ3n) is 2.28. The van der Waals surface area contributed by atoms with Crippen LogP contribution in [-0.2, 0) is 6.54 Å². The summed E-state index contributed by atoms with van der Waals surface area (Å²) in [7, 11) is 1.49. The predicted octanol–water partition coefficient (Wildman–Crippen LogP) is -0.156. The lowest BCUT2D eigenvalue weighted by molar-refractivity contribution is 0.170. The normalized spacial score (nSPS) is 10.8. The second-order valence-corrected chi connectivity index (χ2v) is 3.45. The maximum Gasteiger partial charge on any atom is 0.160 e. The van der Waals surface area contributed by atoms with E-state index < -0.39 is 0 Å². The summed E-state index contributed by atoms with van der Waals surface area (Å²) in [5, 5.41) is 30.2. The number of rotatable bonds is 6. The van der Waals surface area contributed by atoms with Crippen molar-refractivity contribution < 1.29 is 20.1 Å². The molecule has 0 heterocycles. The van der Waals surface area contributed by atoms with E-state index >= 15 is 0 Å². The maximum absolute atomic E-state index is 9.52. The molecule has 0 aliphatic carbocycles. The molecule has 0 bridgehead atoms. The van der Waals surface area contributed by atoms with Gasteiger partial charge in [0.2, 0.25) is 0 Å². The minimum atomic E-state index is -0.343. The second kappa shape index (κ2) is 6.32. The van der Waals surface area contributed by atoms with Gasteiger partial charge >= 0.3 is 0 Å². The maximum atomic E-state index is 9.52. The summed E-state index contributed by atoms with van der Waals surface area (Å²) in [4.78, 5) is 0. The van der Waals surface area contributed by atoms with Crippen molar-refractivity contribution in [2.24, 2.45) is 0 Å². The number of nitrogens with one attached hydrogen (secondary N) is 1.